The summed E-state index contributed by atoms with van der Waals surface area (Å²) >= 11 is 1.37. The maximum Gasteiger partial charge on any atom is 0.277 e. The molecule has 150 valence electrons. The Morgan fingerprint density at radius 1 is 1.21 bits per heavy atom. The number of methoxy groups -OCH3 is 1. The highest BCUT2D eigenvalue weighted by Gasteiger charge is 2.14. The summed E-state index contributed by atoms with van der Waals surface area (Å²) in [6.45, 7) is 0.630. The number of nitrogens with one attached hydrogen (secondary N) is 1. The van der Waals surface area contributed by atoms with Crippen LogP contribution in [0.4, 0.5) is 5.13 Å². The largest absolute Gasteiger partial charge is 0.383 e. The summed E-state index contributed by atoms with van der Waals surface area (Å²) in [6.07, 6.45) is 4.75. The number of hydrogen-bond donors (Lipinski definition) is 1. The Balaban J connectivity index is 1.49. The molecule has 1 amide bonds. The zero-order valence-electron chi connectivity index (χ0n) is 16.2. The van der Waals surface area contributed by atoms with Crippen molar-refractivity contribution in [1.82, 2.24) is 14.8 Å². The van der Waals surface area contributed by atoms with Crippen molar-refractivity contribution in [2.75, 3.05) is 19.0 Å². The molecule has 0 aliphatic heterocycles. The maximum atomic E-state index is 12.5. The molecule has 3 aromatic rings. The van der Waals surface area contributed by atoms with Gasteiger partial charge in [-0.2, -0.15) is 5.10 Å². The van der Waals surface area contributed by atoms with Gasteiger partial charge in [0.05, 0.1) is 18.8 Å². The Morgan fingerprint density at radius 2 is 2.03 bits per heavy atom. The van der Waals surface area contributed by atoms with Gasteiger partial charge in [0.15, 0.2) is 5.13 Å². The zero-order chi connectivity index (χ0) is 20.2. The number of carbonyl (C=O) groups is 1. The molecule has 1 aliphatic carbocycles. The average Bonchev–Trinajstić information content (AvgIpc) is 3.21. The van der Waals surface area contributed by atoms with E-state index in [1.807, 2.05) is 5.38 Å². The van der Waals surface area contributed by atoms with Crippen LogP contribution in [-0.2, 0) is 24.1 Å². The molecule has 4 rings (SSSR count). The van der Waals surface area contributed by atoms with E-state index in [0.29, 0.717) is 11.7 Å². The molecule has 2 aromatic heterocycles. The topological polar surface area (TPSA) is 86.1 Å². The summed E-state index contributed by atoms with van der Waals surface area (Å²) in [6, 6.07) is 9.24. The Hall–Kier alpha value is -2.84. The second-order valence-corrected chi connectivity index (χ2v) is 7.81. The first-order valence-electron chi connectivity index (χ1n) is 9.60. The van der Waals surface area contributed by atoms with Crippen molar-refractivity contribution in [2.24, 2.45) is 0 Å². The van der Waals surface area contributed by atoms with Crippen molar-refractivity contribution in [3.05, 3.63) is 62.9 Å². The van der Waals surface area contributed by atoms with Gasteiger partial charge in [-0.3, -0.25) is 14.9 Å². The van der Waals surface area contributed by atoms with Crippen molar-refractivity contribution in [3.63, 3.8) is 0 Å². The van der Waals surface area contributed by atoms with Gasteiger partial charge in [0.1, 0.15) is 5.69 Å². The summed E-state index contributed by atoms with van der Waals surface area (Å²) in [5.74, 6) is -0.400. The second kappa shape index (κ2) is 8.67. The van der Waals surface area contributed by atoms with Crippen LogP contribution in [0, 0.1) is 0 Å². The van der Waals surface area contributed by atoms with Crippen molar-refractivity contribution in [2.45, 2.75) is 32.2 Å². The molecule has 0 spiro atoms. The lowest BCUT2D eigenvalue weighted by molar-refractivity contribution is 0.101. The third kappa shape index (κ3) is 4.44. The van der Waals surface area contributed by atoms with Crippen LogP contribution in [-0.4, -0.2) is 34.4 Å². The number of ether oxygens (including phenoxy) is 1. The summed E-state index contributed by atoms with van der Waals surface area (Å²) < 4.78 is 6.19. The number of nitrogens with zero attached hydrogens (tertiary/aromatic N) is 3. The summed E-state index contributed by atoms with van der Waals surface area (Å²) in [4.78, 5) is 28.9. The fourth-order valence-corrected chi connectivity index (χ4v) is 4.14. The lowest BCUT2D eigenvalue weighted by atomic mass is 9.90. The number of aryl methyl sites for hydroxylation is 2. The summed E-state index contributed by atoms with van der Waals surface area (Å²) in [5.41, 5.74) is 4.62. The van der Waals surface area contributed by atoms with Gasteiger partial charge < -0.3 is 4.74 Å². The fourth-order valence-electron chi connectivity index (χ4n) is 3.43. The number of benzene rings is 1. The molecule has 1 N–H and O–H groups in total. The molecule has 0 unspecified atom stereocenters. The second-order valence-electron chi connectivity index (χ2n) is 6.96. The molecule has 0 radical (unpaired) electrons. The predicted molar refractivity (Wildman–Crippen MR) is 113 cm³/mol. The smallest absolute Gasteiger partial charge is 0.277 e. The van der Waals surface area contributed by atoms with Gasteiger partial charge >= 0.3 is 0 Å². The minimum Gasteiger partial charge on any atom is -0.383 e. The van der Waals surface area contributed by atoms with Crippen molar-refractivity contribution >= 4 is 22.4 Å². The first-order chi connectivity index (χ1) is 14.1. The Morgan fingerprint density at radius 3 is 2.86 bits per heavy atom. The van der Waals surface area contributed by atoms with Crippen LogP contribution < -0.4 is 10.9 Å². The van der Waals surface area contributed by atoms with Gasteiger partial charge in [0.25, 0.3) is 11.5 Å². The minimum absolute atomic E-state index is 0.159. The number of carbonyl (C=O) groups excluding carboxylic acids is 1. The van der Waals surface area contributed by atoms with Crippen molar-refractivity contribution < 1.29 is 9.53 Å². The number of anilines is 1. The molecule has 1 aliphatic rings. The fraction of sp³-hybridized carbons (Fsp3) is 0.333. The molecule has 7 nitrogen and oxygen atoms in total. The highest BCUT2D eigenvalue weighted by molar-refractivity contribution is 7.14. The minimum atomic E-state index is -0.400. The standard InChI is InChI=1S/C21H22N4O3S/c1-28-11-10-25-19(26)9-8-17(24-25)20(27)23-21-22-18(13-29-21)16-7-6-14-4-2-3-5-15(14)12-16/h6-9,12-13H,2-5,10-11H2,1H3,(H,22,23,27). The molecule has 8 heteroatoms. The SMILES string of the molecule is COCCn1nc(C(=O)Nc2nc(-c3ccc4c(c3)CCCC4)cs2)ccc1=O. The van der Waals surface area contributed by atoms with E-state index in [-0.39, 0.29) is 17.8 Å². The quantitative estimate of drug-likeness (QED) is 0.675. The van der Waals surface area contributed by atoms with E-state index < -0.39 is 5.91 Å². The first kappa shape index (κ1) is 19.5. The van der Waals surface area contributed by atoms with Crippen LogP contribution in [0.5, 0.6) is 0 Å². The van der Waals surface area contributed by atoms with Gasteiger partial charge in [0.2, 0.25) is 0 Å². The third-order valence-electron chi connectivity index (χ3n) is 4.98. The van der Waals surface area contributed by atoms with E-state index in [0.717, 1.165) is 24.1 Å². The van der Waals surface area contributed by atoms with Crippen LogP contribution in [0.2, 0.25) is 0 Å². The Kier molecular flexibility index (Phi) is 5.82. The molecule has 0 bridgehead atoms. The Labute approximate surface area is 172 Å². The molecule has 0 fully saturated rings. The molecular formula is C21H22N4O3S. The number of fused-ring (bicyclic) bond motifs is 1. The molecule has 29 heavy (non-hydrogen) atoms. The van der Waals surface area contributed by atoms with Crippen molar-refractivity contribution in [1.29, 1.82) is 0 Å². The van der Waals surface area contributed by atoms with Crippen molar-refractivity contribution in [3.8, 4) is 11.3 Å². The maximum absolute atomic E-state index is 12.5. The number of amides is 1. The average molecular weight is 410 g/mol. The lowest BCUT2D eigenvalue weighted by Crippen LogP contribution is -2.27. The van der Waals surface area contributed by atoms with Gasteiger partial charge in [-0.1, -0.05) is 12.1 Å². The zero-order valence-corrected chi connectivity index (χ0v) is 17.0. The van der Waals surface area contributed by atoms with E-state index in [1.54, 1.807) is 7.11 Å². The normalized spacial score (nSPS) is 13.1. The molecule has 2 heterocycles. The first-order valence-corrected chi connectivity index (χ1v) is 10.5. The molecule has 0 saturated carbocycles. The predicted octanol–water partition coefficient (Wildman–Crippen LogP) is 3.14. The molecule has 0 atom stereocenters. The van der Waals surface area contributed by atoms with Crippen LogP contribution in [0.25, 0.3) is 11.3 Å². The van der Waals surface area contributed by atoms with Gasteiger partial charge in [0, 0.05) is 24.1 Å². The van der Waals surface area contributed by atoms with Crippen LogP contribution >= 0.6 is 11.3 Å². The lowest BCUT2D eigenvalue weighted by Gasteiger charge is -2.16. The van der Waals surface area contributed by atoms with E-state index in [2.05, 4.69) is 33.6 Å². The van der Waals surface area contributed by atoms with Gasteiger partial charge in [-0.05, 0) is 48.9 Å². The molecule has 1 aromatic carbocycles. The monoisotopic (exact) mass is 410 g/mol. The number of aromatic nitrogens is 3. The van der Waals surface area contributed by atoms with Crippen LogP contribution in [0.15, 0.2) is 40.5 Å². The van der Waals surface area contributed by atoms with E-state index >= 15 is 0 Å². The highest BCUT2D eigenvalue weighted by Crippen LogP contribution is 2.29. The van der Waals surface area contributed by atoms with Gasteiger partial charge in [-0.15, -0.1) is 11.3 Å². The Bertz CT molecular complexity index is 1090. The van der Waals surface area contributed by atoms with E-state index in [1.165, 1.54) is 52.1 Å². The summed E-state index contributed by atoms with van der Waals surface area (Å²) in [5, 5.41) is 9.32. The third-order valence-corrected chi connectivity index (χ3v) is 5.73. The summed E-state index contributed by atoms with van der Waals surface area (Å²) in [7, 11) is 1.55. The molecular weight excluding hydrogens is 388 g/mol. The molecule has 0 saturated heterocycles. The van der Waals surface area contributed by atoms with E-state index in [9.17, 15) is 9.59 Å². The van der Waals surface area contributed by atoms with Crippen LogP contribution in [0.3, 0.4) is 0 Å². The van der Waals surface area contributed by atoms with Gasteiger partial charge in [-0.25, -0.2) is 9.67 Å². The van der Waals surface area contributed by atoms with E-state index in [4.69, 9.17) is 4.74 Å². The number of rotatable bonds is 6. The number of hydrogen-bond acceptors (Lipinski definition) is 6. The highest BCUT2D eigenvalue weighted by atomic mass is 32.1. The number of thiazole rings is 1. The van der Waals surface area contributed by atoms with Crippen LogP contribution in [0.1, 0.15) is 34.5 Å².